The van der Waals surface area contributed by atoms with E-state index in [1.54, 1.807) is 12.1 Å². The van der Waals surface area contributed by atoms with Gasteiger partial charge in [-0.3, -0.25) is 0 Å². The van der Waals surface area contributed by atoms with E-state index < -0.39 is 13.0 Å². The Hall–Kier alpha value is -1.92. The number of nitrogens with zero attached hydrogens (tertiary/aromatic N) is 2. The lowest BCUT2D eigenvalue weighted by Gasteiger charge is -2.25. The third-order valence-electron chi connectivity index (χ3n) is 3.39. The van der Waals surface area contributed by atoms with Crippen LogP contribution in [0.3, 0.4) is 0 Å². The highest BCUT2D eigenvalue weighted by molar-refractivity contribution is 5.77. The number of nitrogens with one attached hydrogen (secondary N) is 1. The van der Waals surface area contributed by atoms with Gasteiger partial charge in [0.15, 0.2) is 12.6 Å². The van der Waals surface area contributed by atoms with E-state index >= 15 is 0 Å². The maximum atomic E-state index is 12.1. The number of nitrogens with two attached hydrogens (primary N) is 1. The number of halogens is 2. The molecule has 0 spiro atoms. The molecule has 1 aromatic rings. The van der Waals surface area contributed by atoms with Gasteiger partial charge in [0.2, 0.25) is 5.88 Å². The van der Waals surface area contributed by atoms with Crippen molar-refractivity contribution in [1.29, 1.82) is 0 Å². The van der Waals surface area contributed by atoms with Gasteiger partial charge in [0.05, 0.1) is 6.54 Å². The van der Waals surface area contributed by atoms with Crippen molar-refractivity contribution >= 4 is 5.96 Å². The summed E-state index contributed by atoms with van der Waals surface area (Å²) in [5, 5.41) is 3.09. The van der Waals surface area contributed by atoms with Gasteiger partial charge in [-0.2, -0.15) is 0 Å². The molecule has 1 saturated carbocycles. The van der Waals surface area contributed by atoms with Crippen LogP contribution in [0.4, 0.5) is 8.78 Å². The van der Waals surface area contributed by atoms with Crippen molar-refractivity contribution in [3.05, 3.63) is 23.9 Å². The van der Waals surface area contributed by atoms with Crippen molar-refractivity contribution in [2.75, 3.05) is 13.2 Å². The van der Waals surface area contributed by atoms with Crippen molar-refractivity contribution < 1.29 is 13.5 Å². The molecule has 0 saturated heterocycles. The monoisotopic (exact) mass is 298 g/mol. The van der Waals surface area contributed by atoms with E-state index in [1.807, 2.05) is 0 Å². The highest BCUT2D eigenvalue weighted by atomic mass is 19.3. The van der Waals surface area contributed by atoms with Gasteiger partial charge in [-0.1, -0.05) is 6.42 Å². The average molecular weight is 298 g/mol. The van der Waals surface area contributed by atoms with Gasteiger partial charge in [-0.25, -0.2) is 18.8 Å². The zero-order valence-corrected chi connectivity index (χ0v) is 11.8. The molecule has 0 atom stereocenters. The Morgan fingerprint density at radius 3 is 3.00 bits per heavy atom. The van der Waals surface area contributed by atoms with E-state index in [4.69, 9.17) is 10.5 Å². The minimum atomic E-state index is -2.51. The highest BCUT2D eigenvalue weighted by Gasteiger charge is 2.16. The molecule has 116 valence electrons. The fraction of sp³-hybridized carbons (Fsp3) is 0.571. The van der Waals surface area contributed by atoms with E-state index in [9.17, 15) is 8.78 Å². The van der Waals surface area contributed by atoms with Crippen LogP contribution in [0.2, 0.25) is 0 Å². The third kappa shape index (κ3) is 5.53. The van der Waals surface area contributed by atoms with Crippen LogP contribution in [0, 0.1) is 5.92 Å². The first-order valence-electron chi connectivity index (χ1n) is 7.03. The van der Waals surface area contributed by atoms with Gasteiger partial charge >= 0.3 is 0 Å². The molecule has 0 radical (unpaired) electrons. The fourth-order valence-electron chi connectivity index (χ4n) is 1.95. The molecule has 5 nitrogen and oxygen atoms in total. The van der Waals surface area contributed by atoms with Crippen LogP contribution >= 0.6 is 0 Å². The molecule has 2 rings (SSSR count). The van der Waals surface area contributed by atoms with Crippen molar-refractivity contribution in [2.45, 2.75) is 32.2 Å². The Balaban J connectivity index is 1.79. The Morgan fingerprint density at radius 2 is 2.33 bits per heavy atom. The maximum Gasteiger partial charge on any atom is 0.272 e. The molecule has 0 amide bonds. The largest absolute Gasteiger partial charge is 0.472 e. The lowest BCUT2D eigenvalue weighted by Crippen LogP contribution is -2.37. The van der Waals surface area contributed by atoms with Crippen LogP contribution in [0.25, 0.3) is 0 Å². The molecule has 0 aliphatic heterocycles. The van der Waals surface area contributed by atoms with Gasteiger partial charge in [0, 0.05) is 18.8 Å². The molecular formula is C14H20F2N4O. The molecule has 0 bridgehead atoms. The van der Waals surface area contributed by atoms with Gasteiger partial charge < -0.3 is 15.8 Å². The average Bonchev–Trinajstić information content (AvgIpc) is 2.42. The normalized spacial score (nSPS) is 15.9. The number of rotatable bonds is 7. The molecule has 1 fully saturated rings. The van der Waals surface area contributed by atoms with Gasteiger partial charge in [-0.15, -0.1) is 0 Å². The van der Waals surface area contributed by atoms with Crippen LogP contribution in [-0.2, 0) is 6.54 Å². The van der Waals surface area contributed by atoms with Gasteiger partial charge in [0.25, 0.3) is 6.43 Å². The summed E-state index contributed by atoms with van der Waals surface area (Å²) < 4.78 is 29.0. The smallest absolute Gasteiger partial charge is 0.272 e. The summed E-state index contributed by atoms with van der Waals surface area (Å²) in [5.74, 6) is 1.27. The van der Waals surface area contributed by atoms with Crippen molar-refractivity contribution in [3.63, 3.8) is 0 Å². The minimum absolute atomic E-state index is 0.170. The third-order valence-corrected chi connectivity index (χ3v) is 3.39. The molecule has 7 heteroatoms. The van der Waals surface area contributed by atoms with Crippen LogP contribution < -0.4 is 15.8 Å². The maximum absolute atomic E-state index is 12.1. The number of hydrogen-bond donors (Lipinski definition) is 2. The SMILES string of the molecule is NC(=NCc1ccnc(OCC(F)F)c1)NCC1CCC1. The summed E-state index contributed by atoms with van der Waals surface area (Å²) in [6.07, 6.45) is 2.77. The molecule has 1 aromatic heterocycles. The van der Waals surface area contributed by atoms with Crippen molar-refractivity contribution in [1.82, 2.24) is 10.3 Å². The Labute approximate surface area is 122 Å². The van der Waals surface area contributed by atoms with E-state index in [-0.39, 0.29) is 5.88 Å². The summed E-state index contributed by atoms with van der Waals surface area (Å²) in [5.41, 5.74) is 6.59. The topological polar surface area (TPSA) is 72.5 Å². The van der Waals surface area contributed by atoms with Crippen LogP contribution in [0.15, 0.2) is 23.3 Å². The highest BCUT2D eigenvalue weighted by Crippen LogP contribution is 2.24. The number of aromatic nitrogens is 1. The minimum Gasteiger partial charge on any atom is -0.472 e. The number of aliphatic imine (C=N–C) groups is 1. The lowest BCUT2D eigenvalue weighted by molar-refractivity contribution is 0.0795. The van der Waals surface area contributed by atoms with E-state index in [0.717, 1.165) is 12.1 Å². The number of ether oxygens (including phenoxy) is 1. The van der Waals surface area contributed by atoms with E-state index in [1.165, 1.54) is 25.5 Å². The second-order valence-corrected chi connectivity index (χ2v) is 5.08. The van der Waals surface area contributed by atoms with Crippen LogP contribution in [0.5, 0.6) is 5.88 Å². The second kappa shape index (κ2) is 7.75. The summed E-state index contributed by atoms with van der Waals surface area (Å²) in [6, 6.07) is 3.34. The number of alkyl halides is 2. The number of hydrogen-bond acceptors (Lipinski definition) is 3. The molecular weight excluding hydrogens is 278 g/mol. The number of guanidine groups is 1. The fourth-order valence-corrected chi connectivity index (χ4v) is 1.95. The standard InChI is InChI=1S/C14H20F2N4O/c15-12(16)9-21-13-6-11(4-5-18-13)8-20-14(17)19-7-10-2-1-3-10/h4-6,10,12H,1-3,7-9H2,(H3,17,19,20). The predicted molar refractivity (Wildman–Crippen MR) is 76.4 cm³/mol. The molecule has 1 aliphatic rings. The summed E-state index contributed by atoms with van der Waals surface area (Å²) in [7, 11) is 0. The summed E-state index contributed by atoms with van der Waals surface area (Å²) in [6.45, 7) is 0.552. The van der Waals surface area contributed by atoms with Crippen molar-refractivity contribution in [3.8, 4) is 5.88 Å². The molecule has 3 N–H and O–H groups in total. The first-order chi connectivity index (χ1) is 10.1. The first-order valence-corrected chi connectivity index (χ1v) is 7.03. The quantitative estimate of drug-likeness (QED) is 0.596. The summed E-state index contributed by atoms with van der Waals surface area (Å²) >= 11 is 0. The molecule has 1 aliphatic carbocycles. The molecule has 0 aromatic carbocycles. The molecule has 0 unspecified atom stereocenters. The molecule has 1 heterocycles. The van der Waals surface area contributed by atoms with Crippen LogP contribution in [0.1, 0.15) is 24.8 Å². The van der Waals surface area contributed by atoms with Crippen molar-refractivity contribution in [2.24, 2.45) is 16.6 Å². The first kappa shape index (κ1) is 15.5. The van der Waals surface area contributed by atoms with E-state index in [2.05, 4.69) is 15.3 Å². The summed E-state index contributed by atoms with van der Waals surface area (Å²) in [4.78, 5) is 8.08. The second-order valence-electron chi connectivity index (χ2n) is 5.08. The zero-order valence-electron chi connectivity index (χ0n) is 11.8. The molecule has 21 heavy (non-hydrogen) atoms. The Morgan fingerprint density at radius 1 is 1.52 bits per heavy atom. The predicted octanol–water partition coefficient (Wildman–Crippen LogP) is 1.93. The Bertz CT molecular complexity index is 478. The van der Waals surface area contributed by atoms with Gasteiger partial charge in [0.1, 0.15) is 0 Å². The lowest BCUT2D eigenvalue weighted by atomic mass is 9.85. The zero-order chi connectivity index (χ0) is 15.1. The van der Waals surface area contributed by atoms with E-state index in [0.29, 0.717) is 18.4 Å². The number of pyridine rings is 1. The van der Waals surface area contributed by atoms with Gasteiger partial charge in [-0.05, 0) is 30.4 Å². The van der Waals surface area contributed by atoms with Crippen LogP contribution in [-0.4, -0.2) is 30.5 Å². The Kier molecular flexibility index (Phi) is 5.71.